The molecular weight excluding hydrogens is 268 g/mol. The van der Waals surface area contributed by atoms with Crippen LogP contribution in [0.25, 0.3) is 5.65 Å². The molecule has 8 nitrogen and oxygen atoms in total. The summed E-state index contributed by atoms with van der Waals surface area (Å²) >= 11 is 0. The zero-order chi connectivity index (χ0) is 14.7. The number of anilines is 2. The number of nitrogens with two attached hydrogens (primary N) is 1. The maximum atomic E-state index is 7.41. The molecule has 3 N–H and O–H groups in total. The second kappa shape index (κ2) is 5.53. The van der Waals surface area contributed by atoms with Gasteiger partial charge in [0, 0.05) is 18.7 Å². The van der Waals surface area contributed by atoms with Crippen LogP contribution in [0.3, 0.4) is 0 Å². The molecule has 0 amide bonds. The molecule has 3 rings (SSSR count). The van der Waals surface area contributed by atoms with Crippen molar-refractivity contribution < 1.29 is 0 Å². The van der Waals surface area contributed by atoms with Crippen molar-refractivity contribution in [3.8, 4) is 0 Å². The number of benzene rings is 1. The summed E-state index contributed by atoms with van der Waals surface area (Å²) in [5.74, 6) is 0.835. The molecule has 0 fully saturated rings. The monoisotopic (exact) mass is 282 g/mol. The summed E-state index contributed by atoms with van der Waals surface area (Å²) in [6.45, 7) is 0.556. The fraction of sp³-hybridized carbons (Fsp3) is 0.154. The molecule has 0 aliphatic rings. The van der Waals surface area contributed by atoms with Crippen molar-refractivity contribution in [1.82, 2.24) is 25.3 Å². The van der Waals surface area contributed by atoms with Gasteiger partial charge in [0.15, 0.2) is 11.5 Å². The fourth-order valence-electron chi connectivity index (χ4n) is 2.00. The predicted octanol–water partition coefficient (Wildman–Crippen LogP) is 0.983. The van der Waals surface area contributed by atoms with E-state index < -0.39 is 0 Å². The van der Waals surface area contributed by atoms with Gasteiger partial charge in [0.05, 0.1) is 5.84 Å². The molecule has 0 aliphatic heterocycles. The highest BCUT2D eigenvalue weighted by molar-refractivity contribution is 5.78. The Balaban J connectivity index is 1.98. The van der Waals surface area contributed by atoms with Crippen LogP contribution < -0.4 is 10.6 Å². The number of hydrogen-bond acceptors (Lipinski definition) is 6. The molecule has 21 heavy (non-hydrogen) atoms. The average molecular weight is 282 g/mol. The average Bonchev–Trinajstić information content (AvgIpc) is 2.96. The van der Waals surface area contributed by atoms with Crippen molar-refractivity contribution >= 4 is 23.0 Å². The number of amidine groups is 1. The molecule has 2 aromatic heterocycles. The van der Waals surface area contributed by atoms with Crippen molar-refractivity contribution in [2.75, 3.05) is 11.4 Å². The largest absolute Gasteiger partial charge is 0.388 e. The Hall–Kier alpha value is -3.03. The van der Waals surface area contributed by atoms with Crippen molar-refractivity contribution in [2.24, 2.45) is 5.73 Å². The Morgan fingerprint density at radius 2 is 2.00 bits per heavy atom. The Labute approximate surface area is 120 Å². The zero-order valence-electron chi connectivity index (χ0n) is 11.2. The topological polar surface area (TPSA) is 109 Å². The molecule has 106 valence electrons. The molecule has 0 aliphatic carbocycles. The molecule has 0 saturated carbocycles. The maximum Gasteiger partial charge on any atom is 0.200 e. The first-order valence-corrected chi connectivity index (χ1v) is 6.45. The van der Waals surface area contributed by atoms with Gasteiger partial charge >= 0.3 is 0 Å². The van der Waals surface area contributed by atoms with Crippen LogP contribution in [0.4, 0.5) is 11.5 Å². The summed E-state index contributed by atoms with van der Waals surface area (Å²) in [5, 5.41) is 23.0. The lowest BCUT2D eigenvalue weighted by Gasteiger charge is -2.23. The number of aromatic nitrogens is 5. The first-order chi connectivity index (χ1) is 10.2. The van der Waals surface area contributed by atoms with Gasteiger partial charge in [0.2, 0.25) is 0 Å². The minimum absolute atomic E-state index is 0.138. The molecule has 1 aromatic carbocycles. The van der Waals surface area contributed by atoms with Crippen LogP contribution in [-0.4, -0.2) is 37.6 Å². The van der Waals surface area contributed by atoms with Gasteiger partial charge in [0.1, 0.15) is 0 Å². The van der Waals surface area contributed by atoms with Crippen LogP contribution in [0.2, 0.25) is 0 Å². The molecular formula is C13H14N8. The lowest BCUT2D eigenvalue weighted by atomic mass is 10.2. The first kappa shape index (κ1) is 13.0. The lowest BCUT2D eigenvalue weighted by Crippen LogP contribution is -2.24. The number of para-hydroxylation sites is 1. The summed E-state index contributed by atoms with van der Waals surface area (Å²) in [7, 11) is 0. The van der Waals surface area contributed by atoms with Crippen molar-refractivity contribution in [1.29, 1.82) is 5.41 Å². The number of tetrazole rings is 1. The minimum atomic E-state index is 0.138. The van der Waals surface area contributed by atoms with Crippen molar-refractivity contribution in [3.05, 3.63) is 42.5 Å². The third kappa shape index (κ3) is 2.78. The number of nitrogens with one attached hydrogen (secondary N) is 1. The van der Waals surface area contributed by atoms with Crippen LogP contribution in [0, 0.1) is 5.41 Å². The molecule has 3 aromatic rings. The number of rotatable bonds is 5. The summed E-state index contributed by atoms with van der Waals surface area (Å²) in [5.41, 5.74) is 7.02. The Morgan fingerprint density at radius 1 is 1.19 bits per heavy atom. The van der Waals surface area contributed by atoms with E-state index >= 15 is 0 Å². The van der Waals surface area contributed by atoms with E-state index in [4.69, 9.17) is 11.1 Å². The predicted molar refractivity (Wildman–Crippen MR) is 78.6 cm³/mol. The van der Waals surface area contributed by atoms with Gasteiger partial charge < -0.3 is 10.6 Å². The van der Waals surface area contributed by atoms with Crippen LogP contribution in [0.5, 0.6) is 0 Å². The first-order valence-electron chi connectivity index (χ1n) is 6.45. The van der Waals surface area contributed by atoms with E-state index in [9.17, 15) is 0 Å². The third-order valence-electron chi connectivity index (χ3n) is 3.00. The quantitative estimate of drug-likeness (QED) is 0.533. The molecule has 0 spiro atoms. The van der Waals surface area contributed by atoms with Crippen LogP contribution in [-0.2, 0) is 0 Å². The zero-order valence-corrected chi connectivity index (χ0v) is 11.2. The summed E-state index contributed by atoms with van der Waals surface area (Å²) in [6, 6.07) is 13.4. The number of nitrogens with zero attached hydrogens (tertiary/aromatic N) is 6. The lowest BCUT2D eigenvalue weighted by molar-refractivity contribution is 0.725. The Kier molecular flexibility index (Phi) is 3.42. The van der Waals surface area contributed by atoms with Crippen molar-refractivity contribution in [2.45, 2.75) is 6.42 Å². The molecule has 0 bridgehead atoms. The van der Waals surface area contributed by atoms with E-state index in [1.54, 1.807) is 6.07 Å². The molecule has 0 radical (unpaired) electrons. The summed E-state index contributed by atoms with van der Waals surface area (Å²) in [6.07, 6.45) is 0.449. The van der Waals surface area contributed by atoms with Gasteiger partial charge in [-0.1, -0.05) is 18.2 Å². The minimum Gasteiger partial charge on any atom is -0.388 e. The van der Waals surface area contributed by atoms with E-state index in [0.717, 1.165) is 5.69 Å². The SMILES string of the molecule is N=C(N)CCN(c1ccccc1)c1ccc2nnnn2n1. The van der Waals surface area contributed by atoms with E-state index in [1.807, 2.05) is 41.3 Å². The fourth-order valence-corrected chi connectivity index (χ4v) is 2.00. The van der Waals surface area contributed by atoms with E-state index in [-0.39, 0.29) is 5.84 Å². The second-order valence-corrected chi connectivity index (χ2v) is 4.48. The summed E-state index contributed by atoms with van der Waals surface area (Å²) in [4.78, 5) is 1.97. The van der Waals surface area contributed by atoms with Crippen LogP contribution in [0.1, 0.15) is 6.42 Å². The second-order valence-electron chi connectivity index (χ2n) is 4.48. The number of fused-ring (bicyclic) bond motifs is 1. The molecule has 0 unspecified atom stereocenters. The summed E-state index contributed by atoms with van der Waals surface area (Å²) < 4.78 is 1.37. The molecule has 0 saturated heterocycles. The van der Waals surface area contributed by atoms with Gasteiger partial charge in [-0.25, -0.2) is 0 Å². The van der Waals surface area contributed by atoms with Crippen LogP contribution in [0.15, 0.2) is 42.5 Å². The van der Waals surface area contributed by atoms with E-state index in [2.05, 4.69) is 20.6 Å². The highest BCUT2D eigenvalue weighted by atomic mass is 15.6. The normalized spacial score (nSPS) is 10.7. The van der Waals surface area contributed by atoms with Gasteiger partial charge in [-0.15, -0.1) is 14.8 Å². The van der Waals surface area contributed by atoms with Crippen LogP contribution >= 0.6 is 0 Å². The van der Waals surface area contributed by atoms with E-state index in [1.165, 1.54) is 4.63 Å². The Morgan fingerprint density at radius 3 is 2.76 bits per heavy atom. The maximum absolute atomic E-state index is 7.41. The standard InChI is InChI=1S/C13H14N8/c14-11(15)8-9-20(10-4-2-1-3-5-10)13-7-6-12-16-18-19-21(12)17-13/h1-7H,8-9H2,(H3,14,15). The van der Waals surface area contributed by atoms with E-state index in [0.29, 0.717) is 24.4 Å². The highest BCUT2D eigenvalue weighted by Gasteiger charge is 2.12. The molecule has 8 heteroatoms. The highest BCUT2D eigenvalue weighted by Crippen LogP contribution is 2.23. The third-order valence-corrected chi connectivity index (χ3v) is 3.00. The van der Waals surface area contributed by atoms with Gasteiger partial charge in [-0.05, 0) is 34.7 Å². The Bertz CT molecular complexity index is 751. The van der Waals surface area contributed by atoms with Crippen molar-refractivity contribution in [3.63, 3.8) is 0 Å². The van der Waals surface area contributed by atoms with Gasteiger partial charge in [-0.2, -0.15) is 0 Å². The van der Waals surface area contributed by atoms with Gasteiger partial charge in [-0.3, -0.25) is 5.41 Å². The van der Waals surface area contributed by atoms with Gasteiger partial charge in [0.25, 0.3) is 0 Å². The molecule has 0 atom stereocenters. The smallest absolute Gasteiger partial charge is 0.200 e. The number of hydrogen-bond donors (Lipinski definition) is 2. The molecule has 2 heterocycles.